The van der Waals surface area contributed by atoms with Crippen molar-refractivity contribution in [2.24, 2.45) is 0 Å². The van der Waals surface area contributed by atoms with E-state index in [9.17, 15) is 4.79 Å². The van der Waals surface area contributed by atoms with Crippen LogP contribution in [0.2, 0.25) is 0 Å². The maximum absolute atomic E-state index is 11.9. The van der Waals surface area contributed by atoms with Crippen molar-refractivity contribution >= 4 is 27.5 Å². The second kappa shape index (κ2) is 8.56. The molecule has 0 aromatic heterocycles. The van der Waals surface area contributed by atoms with Gasteiger partial charge in [-0.3, -0.25) is 4.79 Å². The molecule has 0 radical (unpaired) electrons. The van der Waals surface area contributed by atoms with Crippen LogP contribution in [0.15, 0.2) is 53.0 Å². The number of hydrogen-bond acceptors (Lipinski definition) is 3. The fourth-order valence-corrected chi connectivity index (χ4v) is 2.40. The van der Waals surface area contributed by atoms with Crippen LogP contribution in [0, 0.1) is 0 Å². The van der Waals surface area contributed by atoms with Gasteiger partial charge in [0.05, 0.1) is 19.3 Å². The van der Waals surface area contributed by atoms with Gasteiger partial charge in [-0.1, -0.05) is 24.3 Å². The predicted molar refractivity (Wildman–Crippen MR) is 92.3 cm³/mol. The van der Waals surface area contributed by atoms with Gasteiger partial charge in [-0.05, 0) is 58.7 Å². The van der Waals surface area contributed by atoms with E-state index in [2.05, 4.69) is 26.6 Å². The number of halogens is 1. The number of carbonyl (C=O) groups excluding carboxylic acids is 1. The largest absolute Gasteiger partial charge is 0.497 e. The monoisotopic (exact) mass is 362 g/mol. The van der Waals surface area contributed by atoms with Crippen LogP contribution in [0.3, 0.4) is 0 Å². The Balaban J connectivity index is 1.72. The van der Waals surface area contributed by atoms with Crippen molar-refractivity contribution in [1.29, 1.82) is 0 Å². The number of hydrogen-bond donors (Lipinski definition) is 2. The standard InChI is InChI=1S/C17H19BrN2O2/c1-22-14-6-4-5-13(11-14)9-10-19-12-17(21)20-16-8-3-2-7-15(16)18/h2-8,11,19H,9-10,12H2,1H3,(H,20,21). The first-order chi connectivity index (χ1) is 10.7. The van der Waals surface area contributed by atoms with Gasteiger partial charge in [0.1, 0.15) is 5.75 Å². The summed E-state index contributed by atoms with van der Waals surface area (Å²) >= 11 is 3.40. The number of amides is 1. The van der Waals surface area contributed by atoms with Crippen LogP contribution in [0.4, 0.5) is 5.69 Å². The zero-order valence-electron chi connectivity index (χ0n) is 12.4. The third kappa shape index (κ3) is 5.16. The van der Waals surface area contributed by atoms with Gasteiger partial charge < -0.3 is 15.4 Å². The molecule has 2 aromatic carbocycles. The Labute approximate surface area is 139 Å². The Morgan fingerprint density at radius 1 is 1.18 bits per heavy atom. The Kier molecular flexibility index (Phi) is 6.43. The molecule has 4 nitrogen and oxygen atoms in total. The number of ether oxygens (including phenoxy) is 1. The molecule has 0 aliphatic heterocycles. The average Bonchev–Trinajstić information content (AvgIpc) is 2.54. The first-order valence-electron chi connectivity index (χ1n) is 7.07. The summed E-state index contributed by atoms with van der Waals surface area (Å²) in [6.07, 6.45) is 0.847. The molecule has 1 amide bonds. The fraction of sp³-hybridized carbons (Fsp3) is 0.235. The highest BCUT2D eigenvalue weighted by molar-refractivity contribution is 9.10. The number of para-hydroxylation sites is 1. The highest BCUT2D eigenvalue weighted by Gasteiger charge is 2.04. The highest BCUT2D eigenvalue weighted by Crippen LogP contribution is 2.20. The molecule has 2 N–H and O–H groups in total. The topological polar surface area (TPSA) is 50.4 Å². The van der Waals surface area contributed by atoms with Gasteiger partial charge in [0.15, 0.2) is 0 Å². The number of benzene rings is 2. The maximum atomic E-state index is 11.9. The van der Waals surface area contributed by atoms with Gasteiger partial charge in [0.2, 0.25) is 5.91 Å². The Bertz CT molecular complexity index is 632. The van der Waals surface area contributed by atoms with Gasteiger partial charge in [-0.2, -0.15) is 0 Å². The first kappa shape index (κ1) is 16.5. The zero-order valence-corrected chi connectivity index (χ0v) is 14.0. The van der Waals surface area contributed by atoms with Gasteiger partial charge in [-0.25, -0.2) is 0 Å². The minimum atomic E-state index is -0.0578. The second-order valence-electron chi connectivity index (χ2n) is 4.81. The molecule has 0 fully saturated rings. The number of carbonyl (C=O) groups is 1. The third-order valence-corrected chi connectivity index (χ3v) is 3.85. The smallest absolute Gasteiger partial charge is 0.238 e. The van der Waals surface area contributed by atoms with Gasteiger partial charge >= 0.3 is 0 Å². The van der Waals surface area contributed by atoms with E-state index in [0.29, 0.717) is 0 Å². The Morgan fingerprint density at radius 2 is 2.00 bits per heavy atom. The minimum Gasteiger partial charge on any atom is -0.497 e. The molecule has 0 aliphatic carbocycles. The molecule has 0 spiro atoms. The lowest BCUT2D eigenvalue weighted by molar-refractivity contribution is -0.115. The highest BCUT2D eigenvalue weighted by atomic mass is 79.9. The lowest BCUT2D eigenvalue weighted by Crippen LogP contribution is -2.29. The van der Waals surface area contributed by atoms with E-state index in [1.54, 1.807) is 7.11 Å². The van der Waals surface area contributed by atoms with Crippen LogP contribution in [0.5, 0.6) is 5.75 Å². The average molecular weight is 363 g/mol. The lowest BCUT2D eigenvalue weighted by Gasteiger charge is -2.08. The molecule has 2 rings (SSSR count). The van der Waals surface area contributed by atoms with Crippen LogP contribution < -0.4 is 15.4 Å². The second-order valence-corrected chi connectivity index (χ2v) is 5.66. The molecule has 0 unspecified atom stereocenters. The van der Waals surface area contributed by atoms with E-state index in [4.69, 9.17) is 4.74 Å². The zero-order chi connectivity index (χ0) is 15.8. The van der Waals surface area contributed by atoms with Crippen LogP contribution in [0.25, 0.3) is 0 Å². The van der Waals surface area contributed by atoms with Crippen molar-refractivity contribution in [3.05, 3.63) is 58.6 Å². The fourth-order valence-electron chi connectivity index (χ4n) is 2.02. The lowest BCUT2D eigenvalue weighted by atomic mass is 10.1. The molecule has 22 heavy (non-hydrogen) atoms. The van der Waals surface area contributed by atoms with E-state index < -0.39 is 0 Å². The van der Waals surface area contributed by atoms with E-state index in [1.165, 1.54) is 5.56 Å². The molecule has 0 aliphatic rings. The van der Waals surface area contributed by atoms with E-state index in [0.717, 1.165) is 28.9 Å². The molecule has 0 atom stereocenters. The molecule has 0 heterocycles. The van der Waals surface area contributed by atoms with Crippen molar-refractivity contribution in [1.82, 2.24) is 5.32 Å². The molecular weight excluding hydrogens is 344 g/mol. The summed E-state index contributed by atoms with van der Waals surface area (Å²) in [4.78, 5) is 11.9. The van der Waals surface area contributed by atoms with E-state index in [1.807, 2.05) is 48.5 Å². The normalized spacial score (nSPS) is 10.3. The van der Waals surface area contributed by atoms with Crippen LogP contribution in [-0.4, -0.2) is 26.1 Å². The van der Waals surface area contributed by atoms with Crippen LogP contribution >= 0.6 is 15.9 Å². The SMILES string of the molecule is COc1cccc(CCNCC(=O)Nc2ccccc2Br)c1. The minimum absolute atomic E-state index is 0.0578. The van der Waals surface area contributed by atoms with Crippen LogP contribution in [-0.2, 0) is 11.2 Å². The maximum Gasteiger partial charge on any atom is 0.238 e. The number of anilines is 1. The van der Waals surface area contributed by atoms with E-state index in [-0.39, 0.29) is 12.5 Å². The van der Waals surface area contributed by atoms with Crippen molar-refractivity contribution < 1.29 is 9.53 Å². The molecule has 0 bridgehead atoms. The van der Waals surface area contributed by atoms with Gasteiger partial charge in [0.25, 0.3) is 0 Å². The van der Waals surface area contributed by atoms with Crippen molar-refractivity contribution in [3.8, 4) is 5.75 Å². The summed E-state index contributed by atoms with van der Waals surface area (Å²) in [6.45, 7) is 1.02. The quantitative estimate of drug-likeness (QED) is 0.743. The molecular formula is C17H19BrN2O2. The van der Waals surface area contributed by atoms with Crippen molar-refractivity contribution in [3.63, 3.8) is 0 Å². The summed E-state index contributed by atoms with van der Waals surface area (Å²) in [5, 5.41) is 6.00. The summed E-state index contributed by atoms with van der Waals surface area (Å²) < 4.78 is 6.06. The summed E-state index contributed by atoms with van der Waals surface area (Å²) in [6, 6.07) is 15.5. The van der Waals surface area contributed by atoms with Crippen LogP contribution in [0.1, 0.15) is 5.56 Å². The van der Waals surface area contributed by atoms with Crippen molar-refractivity contribution in [2.75, 3.05) is 25.5 Å². The van der Waals surface area contributed by atoms with Gasteiger partial charge in [0, 0.05) is 4.47 Å². The molecule has 116 valence electrons. The predicted octanol–water partition coefficient (Wildman–Crippen LogP) is 3.23. The Hall–Kier alpha value is -1.85. The summed E-state index contributed by atoms with van der Waals surface area (Å²) in [5.74, 6) is 0.793. The first-order valence-corrected chi connectivity index (χ1v) is 7.86. The molecule has 0 saturated carbocycles. The summed E-state index contributed by atoms with van der Waals surface area (Å²) in [7, 11) is 1.66. The molecule has 2 aromatic rings. The number of methoxy groups -OCH3 is 1. The van der Waals surface area contributed by atoms with Crippen molar-refractivity contribution in [2.45, 2.75) is 6.42 Å². The Morgan fingerprint density at radius 3 is 2.77 bits per heavy atom. The number of rotatable bonds is 7. The van der Waals surface area contributed by atoms with Gasteiger partial charge in [-0.15, -0.1) is 0 Å². The molecule has 5 heteroatoms. The summed E-state index contributed by atoms with van der Waals surface area (Å²) in [5.41, 5.74) is 1.96. The number of nitrogens with one attached hydrogen (secondary N) is 2. The third-order valence-electron chi connectivity index (χ3n) is 3.16. The van der Waals surface area contributed by atoms with E-state index >= 15 is 0 Å². The molecule has 0 saturated heterocycles.